The molecule has 0 aliphatic rings. The molecule has 1 heterocycles. The van der Waals surface area contributed by atoms with Gasteiger partial charge in [0.25, 0.3) is 5.56 Å². The number of hydrogen-bond donors (Lipinski definition) is 2. The van der Waals surface area contributed by atoms with Gasteiger partial charge in [-0.1, -0.05) is 12.1 Å². The molecule has 0 fully saturated rings. The van der Waals surface area contributed by atoms with E-state index in [1.54, 1.807) is 24.3 Å². The van der Waals surface area contributed by atoms with Gasteiger partial charge in [-0.15, -0.1) is 0 Å². The van der Waals surface area contributed by atoms with Gasteiger partial charge in [-0.2, -0.15) is 0 Å². The van der Waals surface area contributed by atoms with Gasteiger partial charge in [-0.3, -0.25) is 25.0 Å². The summed E-state index contributed by atoms with van der Waals surface area (Å²) in [6.45, 7) is 0. The van der Waals surface area contributed by atoms with Crippen LogP contribution in [0.4, 0.5) is 11.4 Å². The second-order valence-electron chi connectivity index (χ2n) is 5.55. The van der Waals surface area contributed by atoms with E-state index in [0.717, 1.165) is 18.2 Å². The Bertz CT molecular complexity index is 1200. The van der Waals surface area contributed by atoms with Crippen molar-refractivity contribution >= 4 is 34.2 Å². The summed E-state index contributed by atoms with van der Waals surface area (Å²) in [5, 5.41) is 32.4. The van der Waals surface area contributed by atoms with Crippen LogP contribution in [0, 0.1) is 20.2 Å². The van der Waals surface area contributed by atoms with E-state index in [9.17, 15) is 30.1 Å². The third kappa shape index (κ3) is 3.35. The van der Waals surface area contributed by atoms with E-state index in [2.05, 4.69) is 9.97 Å². The van der Waals surface area contributed by atoms with Crippen molar-refractivity contribution in [1.29, 1.82) is 0 Å². The van der Waals surface area contributed by atoms with Gasteiger partial charge in [0.15, 0.2) is 0 Å². The largest absolute Gasteiger partial charge is 0.507 e. The minimum absolute atomic E-state index is 0.0452. The van der Waals surface area contributed by atoms with Crippen LogP contribution in [-0.4, -0.2) is 32.0 Å². The zero-order valence-corrected chi connectivity index (χ0v) is 14.3. The molecule has 142 valence electrons. The number of nitro benzene ring substituents is 2. The zero-order valence-electron chi connectivity index (χ0n) is 14.3. The zero-order chi connectivity index (χ0) is 20.4. The lowest BCUT2D eigenvalue weighted by Crippen LogP contribution is -2.12. The predicted molar refractivity (Wildman–Crippen MR) is 99.2 cm³/mol. The lowest BCUT2D eigenvalue weighted by molar-refractivity contribution is -0.422. The molecule has 1 aromatic heterocycles. The summed E-state index contributed by atoms with van der Waals surface area (Å²) in [5.41, 5.74) is -2.29. The number of methoxy groups -OCH3 is 1. The highest BCUT2D eigenvalue weighted by Gasteiger charge is 2.26. The fourth-order valence-electron chi connectivity index (χ4n) is 2.58. The van der Waals surface area contributed by atoms with Gasteiger partial charge in [0.2, 0.25) is 0 Å². The average Bonchev–Trinajstić information content (AvgIpc) is 2.67. The van der Waals surface area contributed by atoms with Gasteiger partial charge in [0.1, 0.15) is 17.2 Å². The van der Waals surface area contributed by atoms with Crippen molar-refractivity contribution in [2.45, 2.75) is 0 Å². The fourth-order valence-corrected chi connectivity index (χ4v) is 2.58. The summed E-state index contributed by atoms with van der Waals surface area (Å²) >= 11 is 0. The third-order valence-electron chi connectivity index (χ3n) is 3.86. The lowest BCUT2D eigenvalue weighted by Gasteiger charge is -2.07. The molecule has 11 heteroatoms. The maximum atomic E-state index is 12.2. The van der Waals surface area contributed by atoms with Crippen molar-refractivity contribution in [3.8, 4) is 5.75 Å². The number of aromatic nitrogens is 2. The Kier molecular flexibility index (Phi) is 4.73. The highest BCUT2D eigenvalue weighted by Crippen LogP contribution is 2.30. The molecule has 0 bridgehead atoms. The molecule has 0 saturated heterocycles. The number of H-pyrrole nitrogens is 1. The van der Waals surface area contributed by atoms with Crippen molar-refractivity contribution in [2.75, 3.05) is 7.11 Å². The Morgan fingerprint density at radius 2 is 1.82 bits per heavy atom. The van der Waals surface area contributed by atoms with Crippen molar-refractivity contribution in [1.82, 2.24) is 9.97 Å². The number of nitrogens with zero attached hydrogens (tertiary/aromatic N) is 3. The van der Waals surface area contributed by atoms with E-state index < -0.39 is 26.8 Å². The molecule has 0 spiro atoms. The number of hydrogen-bond acceptors (Lipinski definition) is 8. The van der Waals surface area contributed by atoms with Crippen LogP contribution in [-0.2, 0) is 0 Å². The number of para-hydroxylation sites is 1. The molecule has 28 heavy (non-hydrogen) atoms. The first-order valence-electron chi connectivity index (χ1n) is 7.72. The van der Waals surface area contributed by atoms with Crippen molar-refractivity contribution < 1.29 is 19.7 Å². The predicted octanol–water partition coefficient (Wildman–Crippen LogP) is 2.80. The summed E-state index contributed by atoms with van der Waals surface area (Å²) in [6, 6.07) is 8.29. The van der Waals surface area contributed by atoms with Gasteiger partial charge >= 0.3 is 11.4 Å². The maximum Gasteiger partial charge on any atom is 0.348 e. The number of rotatable bonds is 5. The smallest absolute Gasteiger partial charge is 0.348 e. The van der Waals surface area contributed by atoms with Crippen LogP contribution in [0.15, 0.2) is 41.2 Å². The Labute approximate surface area is 155 Å². The van der Waals surface area contributed by atoms with E-state index in [1.165, 1.54) is 7.11 Å². The number of nitrogens with one attached hydrogen (secondary N) is 1. The third-order valence-corrected chi connectivity index (χ3v) is 3.86. The molecule has 0 radical (unpaired) electrons. The molecule has 0 amide bonds. The first-order chi connectivity index (χ1) is 13.3. The lowest BCUT2D eigenvalue weighted by atomic mass is 10.1. The van der Waals surface area contributed by atoms with Gasteiger partial charge < -0.3 is 14.8 Å². The van der Waals surface area contributed by atoms with E-state index in [0.29, 0.717) is 11.3 Å². The molecule has 0 unspecified atom stereocenters. The normalized spacial score (nSPS) is 11.4. The minimum Gasteiger partial charge on any atom is -0.507 e. The summed E-state index contributed by atoms with van der Waals surface area (Å²) in [6.07, 6.45) is 1.07. The molecular formula is C17H12N4O7. The summed E-state index contributed by atoms with van der Waals surface area (Å²) in [4.78, 5) is 38.9. The Hall–Kier alpha value is -4.28. The van der Waals surface area contributed by atoms with Crippen molar-refractivity contribution in [3.05, 3.63) is 78.2 Å². The summed E-state index contributed by atoms with van der Waals surface area (Å²) in [5.74, 6) is 0.0472. The highest BCUT2D eigenvalue weighted by molar-refractivity contribution is 5.84. The van der Waals surface area contributed by atoms with Crippen LogP contribution in [0.2, 0.25) is 0 Å². The van der Waals surface area contributed by atoms with Crippen molar-refractivity contribution in [2.24, 2.45) is 0 Å². The fraction of sp³-hybridized carbons (Fsp3) is 0.0588. The molecule has 2 N–H and O–H groups in total. The molecule has 0 aliphatic heterocycles. The van der Waals surface area contributed by atoms with Crippen LogP contribution >= 0.6 is 0 Å². The first kappa shape index (κ1) is 18.5. The molecule has 3 rings (SSSR count). The highest BCUT2D eigenvalue weighted by atomic mass is 16.6. The quantitative estimate of drug-likeness (QED) is 0.385. The van der Waals surface area contributed by atoms with Gasteiger partial charge in [0, 0.05) is 12.1 Å². The number of aromatic amines is 1. The molecule has 2 aromatic carbocycles. The second kappa shape index (κ2) is 7.15. The topological polar surface area (TPSA) is 161 Å². The van der Waals surface area contributed by atoms with Crippen LogP contribution in [0.25, 0.3) is 22.9 Å². The number of fused-ring (bicyclic) bond motifs is 1. The second-order valence-corrected chi connectivity index (χ2v) is 5.55. The van der Waals surface area contributed by atoms with Crippen molar-refractivity contribution in [3.63, 3.8) is 0 Å². The molecular weight excluding hydrogens is 372 g/mol. The molecule has 3 aromatic rings. The number of aliphatic hydroxyl groups excluding tert-OH is 1. The number of ether oxygens (including phenoxy) is 1. The Balaban J connectivity index is 2.18. The van der Waals surface area contributed by atoms with Crippen LogP contribution in [0.3, 0.4) is 0 Å². The molecule has 0 saturated carbocycles. The Morgan fingerprint density at radius 1 is 1.18 bits per heavy atom. The van der Waals surface area contributed by atoms with E-state index >= 15 is 0 Å². The molecule has 11 nitrogen and oxygen atoms in total. The number of nitro groups is 2. The van der Waals surface area contributed by atoms with Gasteiger partial charge in [-0.05, 0) is 12.1 Å². The van der Waals surface area contributed by atoms with Crippen LogP contribution in [0.1, 0.15) is 11.3 Å². The summed E-state index contributed by atoms with van der Waals surface area (Å²) < 4.78 is 5.14. The Morgan fingerprint density at radius 3 is 2.46 bits per heavy atom. The van der Waals surface area contributed by atoms with E-state index in [1.807, 2.05) is 0 Å². The summed E-state index contributed by atoms with van der Waals surface area (Å²) in [7, 11) is 1.42. The first-order valence-corrected chi connectivity index (χ1v) is 7.72. The van der Waals surface area contributed by atoms with E-state index in [4.69, 9.17) is 4.74 Å². The number of benzene rings is 2. The van der Waals surface area contributed by atoms with Gasteiger partial charge in [-0.25, -0.2) is 4.98 Å². The monoisotopic (exact) mass is 384 g/mol. The van der Waals surface area contributed by atoms with Crippen LogP contribution < -0.4 is 10.3 Å². The van der Waals surface area contributed by atoms with Gasteiger partial charge in [0.05, 0.1) is 39.6 Å². The SMILES string of the molecule is COc1ccccc1C(O)=Cc1nc2cc([N+](=O)[O-])c([N+](=O)[O-])cc2[nH]c1=O. The molecule has 0 aliphatic carbocycles. The minimum atomic E-state index is -0.919. The average molecular weight is 384 g/mol. The van der Waals surface area contributed by atoms with E-state index in [-0.39, 0.29) is 22.5 Å². The standard InChI is InChI=1S/C17H12N4O7/c1-28-16-5-3-2-4-9(16)15(22)8-12-17(23)19-11-7-14(21(26)27)13(20(24)25)6-10(11)18-12/h2-8,22H,1H3,(H,19,23). The maximum absolute atomic E-state index is 12.2. The van der Waals surface area contributed by atoms with Crippen LogP contribution in [0.5, 0.6) is 5.75 Å². The number of aliphatic hydroxyl groups is 1. The molecule has 0 atom stereocenters.